The molecule has 4 N–H and O–H groups in total. The monoisotopic (exact) mass is 376 g/mol. The first kappa shape index (κ1) is 22.5. The molecule has 17 heavy (non-hydrogen) atoms. The van der Waals surface area contributed by atoms with E-state index in [4.69, 9.17) is 20.4 Å². The predicted molar refractivity (Wildman–Crippen MR) is 51.2 cm³/mol. The van der Waals surface area contributed by atoms with Crippen molar-refractivity contribution in [2.75, 3.05) is 13.2 Å². The van der Waals surface area contributed by atoms with Gasteiger partial charge in [-0.15, -0.1) is 0 Å². The molecule has 0 aliphatic rings. The van der Waals surface area contributed by atoms with Crippen molar-refractivity contribution >= 4 is 60.8 Å². The first-order valence-electron chi connectivity index (χ1n) is 4.31. The zero-order valence-electron chi connectivity index (χ0n) is 9.11. The van der Waals surface area contributed by atoms with Gasteiger partial charge in [0.05, 0.1) is 25.4 Å². The topological polar surface area (TPSA) is 161 Å². The Labute approximate surface area is 138 Å². The Hall–Kier alpha value is 0.351. The first-order chi connectivity index (χ1) is 7.33. The standard InChI is InChI=1S/2C4H8O4.Ba/c2*5-2-3(6)1-4(7)8;/h2*3,5-6H,1-2H2,(H,7,8);/q;;+2/p-2/t2*3-;/m00./s1. The molecule has 0 spiro atoms. The largest absolute Gasteiger partial charge is 2.00 e. The third-order valence-corrected chi connectivity index (χ3v) is 1.23. The Balaban J connectivity index is -0.000000218. The Morgan fingerprint density at radius 3 is 1.18 bits per heavy atom. The molecule has 0 heterocycles. The average molecular weight is 376 g/mol. The zero-order chi connectivity index (χ0) is 13.1. The number of aliphatic hydroxyl groups excluding tert-OH is 4. The minimum Gasteiger partial charge on any atom is -0.550 e. The van der Waals surface area contributed by atoms with Gasteiger partial charge in [-0.2, -0.15) is 0 Å². The van der Waals surface area contributed by atoms with E-state index in [1.54, 1.807) is 0 Å². The second-order valence-corrected chi connectivity index (χ2v) is 2.83. The van der Waals surface area contributed by atoms with Crippen molar-refractivity contribution in [2.24, 2.45) is 0 Å². The number of aliphatic hydroxyl groups is 4. The number of rotatable bonds is 6. The van der Waals surface area contributed by atoms with Crippen LogP contribution in [0.4, 0.5) is 0 Å². The molecular formula is C8H14BaO8. The van der Waals surface area contributed by atoms with Crippen molar-refractivity contribution in [1.82, 2.24) is 0 Å². The third kappa shape index (κ3) is 22.1. The van der Waals surface area contributed by atoms with Gasteiger partial charge < -0.3 is 40.2 Å². The molecule has 9 heteroatoms. The van der Waals surface area contributed by atoms with Gasteiger partial charge in [0.25, 0.3) is 0 Å². The number of carbonyl (C=O) groups is 2. The molecular weight excluding hydrogens is 361 g/mol. The van der Waals surface area contributed by atoms with Crippen molar-refractivity contribution in [3.63, 3.8) is 0 Å². The summed E-state index contributed by atoms with van der Waals surface area (Å²) in [7, 11) is 0. The molecule has 0 aliphatic heterocycles. The zero-order valence-corrected chi connectivity index (χ0v) is 13.6. The van der Waals surface area contributed by atoms with E-state index >= 15 is 0 Å². The van der Waals surface area contributed by atoms with Crippen LogP contribution in [0.15, 0.2) is 0 Å². The van der Waals surface area contributed by atoms with Crippen molar-refractivity contribution in [1.29, 1.82) is 0 Å². The van der Waals surface area contributed by atoms with Crippen LogP contribution >= 0.6 is 0 Å². The molecule has 0 rings (SSSR count). The summed E-state index contributed by atoms with van der Waals surface area (Å²) in [6, 6.07) is 0. The van der Waals surface area contributed by atoms with Crippen LogP contribution in [0.1, 0.15) is 12.8 Å². The molecule has 96 valence electrons. The van der Waals surface area contributed by atoms with E-state index < -0.39 is 50.2 Å². The number of carboxylic acid groups (broad SMARTS) is 2. The Kier molecular flexibility index (Phi) is 19.1. The van der Waals surface area contributed by atoms with Gasteiger partial charge in [-0.3, -0.25) is 0 Å². The molecule has 0 amide bonds. The summed E-state index contributed by atoms with van der Waals surface area (Å²) in [5.74, 6) is -2.71. The van der Waals surface area contributed by atoms with E-state index in [2.05, 4.69) is 0 Å². The Morgan fingerprint density at radius 2 is 1.12 bits per heavy atom. The third-order valence-electron chi connectivity index (χ3n) is 1.23. The summed E-state index contributed by atoms with van der Waals surface area (Å²) in [6.45, 7) is -1.07. The van der Waals surface area contributed by atoms with E-state index in [0.717, 1.165) is 0 Å². The Morgan fingerprint density at radius 1 is 0.882 bits per heavy atom. The fourth-order valence-electron chi connectivity index (χ4n) is 0.514. The fraction of sp³-hybridized carbons (Fsp3) is 0.750. The first-order valence-corrected chi connectivity index (χ1v) is 4.31. The fourth-order valence-corrected chi connectivity index (χ4v) is 0.514. The summed E-state index contributed by atoms with van der Waals surface area (Å²) in [5, 5.41) is 52.0. The molecule has 0 aromatic heterocycles. The molecule has 0 saturated heterocycles. The summed E-state index contributed by atoms with van der Waals surface area (Å²) in [5.41, 5.74) is 0. The van der Waals surface area contributed by atoms with Crippen LogP contribution in [0, 0.1) is 0 Å². The maximum atomic E-state index is 9.59. The second-order valence-electron chi connectivity index (χ2n) is 2.83. The summed E-state index contributed by atoms with van der Waals surface area (Å²) < 4.78 is 0. The van der Waals surface area contributed by atoms with Crippen molar-refractivity contribution in [2.45, 2.75) is 25.0 Å². The van der Waals surface area contributed by atoms with Gasteiger partial charge in [-0.1, -0.05) is 0 Å². The second kappa shape index (κ2) is 14.4. The molecule has 0 saturated carbocycles. The van der Waals surface area contributed by atoms with Crippen LogP contribution in [-0.2, 0) is 9.59 Å². The number of hydrogen-bond donors (Lipinski definition) is 4. The number of hydrogen-bond acceptors (Lipinski definition) is 8. The maximum absolute atomic E-state index is 9.59. The molecule has 0 bridgehead atoms. The number of carbonyl (C=O) groups excluding carboxylic acids is 2. The van der Waals surface area contributed by atoms with Crippen LogP contribution in [0.5, 0.6) is 0 Å². The molecule has 0 fully saturated rings. The molecule has 0 unspecified atom stereocenters. The van der Waals surface area contributed by atoms with Crippen molar-refractivity contribution in [3.05, 3.63) is 0 Å². The van der Waals surface area contributed by atoms with Crippen LogP contribution in [0.25, 0.3) is 0 Å². The van der Waals surface area contributed by atoms with Crippen LogP contribution in [0.3, 0.4) is 0 Å². The van der Waals surface area contributed by atoms with Gasteiger partial charge in [0, 0.05) is 24.8 Å². The maximum Gasteiger partial charge on any atom is 2.00 e. The van der Waals surface area contributed by atoms with E-state index in [1.165, 1.54) is 0 Å². The van der Waals surface area contributed by atoms with Gasteiger partial charge in [-0.05, 0) is 0 Å². The van der Waals surface area contributed by atoms with Crippen molar-refractivity contribution in [3.8, 4) is 0 Å². The smallest absolute Gasteiger partial charge is 0.550 e. The summed E-state index contributed by atoms with van der Waals surface area (Å²) in [4.78, 5) is 19.2. The Bertz CT molecular complexity index is 188. The van der Waals surface area contributed by atoms with Gasteiger partial charge in [0.2, 0.25) is 0 Å². The number of aliphatic carboxylic acids is 2. The van der Waals surface area contributed by atoms with Gasteiger partial charge in [0.1, 0.15) is 0 Å². The van der Waals surface area contributed by atoms with Crippen LogP contribution < -0.4 is 10.2 Å². The molecule has 0 radical (unpaired) electrons. The van der Waals surface area contributed by atoms with Gasteiger partial charge >= 0.3 is 48.9 Å². The van der Waals surface area contributed by atoms with E-state index in [-0.39, 0.29) is 48.9 Å². The minimum absolute atomic E-state index is 0. The van der Waals surface area contributed by atoms with E-state index in [1.807, 2.05) is 0 Å². The van der Waals surface area contributed by atoms with Gasteiger partial charge in [0.15, 0.2) is 0 Å². The van der Waals surface area contributed by atoms with Crippen LogP contribution in [0.2, 0.25) is 0 Å². The van der Waals surface area contributed by atoms with Crippen LogP contribution in [-0.4, -0.2) is 107 Å². The van der Waals surface area contributed by atoms with E-state index in [9.17, 15) is 19.8 Å². The van der Waals surface area contributed by atoms with E-state index in [0.29, 0.717) is 0 Å². The number of carboxylic acids is 2. The predicted octanol–water partition coefficient (Wildman–Crippen LogP) is -5.42. The molecule has 0 aromatic carbocycles. The summed E-state index contributed by atoms with van der Waals surface area (Å²) >= 11 is 0. The molecule has 2 atom stereocenters. The molecule has 0 aliphatic carbocycles. The summed E-state index contributed by atoms with van der Waals surface area (Å²) in [6.07, 6.45) is -3.37. The SMILES string of the molecule is O=C([O-])C[C@H](O)CO.O=C([O-])C[C@H](O)CO.[Ba+2]. The molecule has 0 aromatic rings. The average Bonchev–Trinajstić information content (AvgIpc) is 2.16. The van der Waals surface area contributed by atoms with Crippen molar-refractivity contribution < 1.29 is 40.2 Å². The quantitative estimate of drug-likeness (QED) is 0.334. The normalized spacial score (nSPS) is 12.5. The van der Waals surface area contributed by atoms with Gasteiger partial charge in [-0.25, -0.2) is 0 Å². The minimum atomic E-state index is -1.36. The molecule has 8 nitrogen and oxygen atoms in total.